The average Bonchev–Trinajstić information content (AvgIpc) is 3.36. The minimum Gasteiger partial charge on any atom is -0.364 e. The number of aryl methyl sites for hydroxylation is 2. The number of H-pyrrole nitrogens is 1. The number of nitrogens with one attached hydrogen (secondary N) is 1. The van der Waals surface area contributed by atoms with Crippen LogP contribution < -0.4 is 0 Å². The van der Waals surface area contributed by atoms with E-state index in [0.29, 0.717) is 29.9 Å². The van der Waals surface area contributed by atoms with Crippen LogP contribution in [-0.2, 0) is 13.0 Å². The monoisotopic (exact) mass is 341 g/mol. The minimum absolute atomic E-state index is 0.113. The molecule has 1 N–H and O–H groups in total. The van der Waals surface area contributed by atoms with Crippen molar-refractivity contribution in [2.75, 3.05) is 0 Å². The largest absolute Gasteiger partial charge is 0.364 e. The molecule has 0 bridgehead atoms. The molecule has 126 valence electrons. The van der Waals surface area contributed by atoms with E-state index < -0.39 is 11.6 Å². The molecule has 4 aromatic rings. The minimum atomic E-state index is -0.922. The van der Waals surface area contributed by atoms with Crippen LogP contribution in [0.2, 0.25) is 0 Å². The van der Waals surface area contributed by atoms with E-state index >= 15 is 0 Å². The van der Waals surface area contributed by atoms with E-state index in [-0.39, 0.29) is 5.56 Å². The van der Waals surface area contributed by atoms with Crippen molar-refractivity contribution in [1.82, 2.24) is 24.9 Å². The smallest absolute Gasteiger partial charge is 0.176 e. The first kappa shape index (κ1) is 15.3. The van der Waals surface area contributed by atoms with Crippen molar-refractivity contribution in [3.8, 4) is 22.5 Å². The molecule has 3 aromatic heterocycles. The van der Waals surface area contributed by atoms with Gasteiger partial charge in [-0.25, -0.2) is 13.8 Å². The van der Waals surface area contributed by atoms with Crippen LogP contribution in [0.4, 0.5) is 8.78 Å². The van der Waals surface area contributed by atoms with Gasteiger partial charge in [0.25, 0.3) is 0 Å². The number of nitrogens with zero attached hydrogens (tertiary/aromatic N) is 4. The van der Waals surface area contributed by atoms with Crippen molar-refractivity contribution < 1.29 is 13.3 Å². The Kier molecular flexibility index (Phi) is 3.85. The maximum Gasteiger partial charge on any atom is 0.176 e. The molecule has 0 saturated heterocycles. The van der Waals surface area contributed by atoms with E-state index in [1.54, 1.807) is 17.2 Å². The topological polar surface area (TPSA) is 72.5 Å². The van der Waals surface area contributed by atoms with Gasteiger partial charge in [0.05, 0.1) is 11.8 Å². The summed E-state index contributed by atoms with van der Waals surface area (Å²) in [6.07, 6.45) is 6.97. The molecule has 6 nitrogen and oxygen atoms in total. The third-order valence-corrected chi connectivity index (χ3v) is 3.89. The summed E-state index contributed by atoms with van der Waals surface area (Å²) in [5, 5.41) is 7.79. The molecule has 0 aliphatic heterocycles. The fourth-order valence-corrected chi connectivity index (χ4v) is 2.65. The molecular formula is C17H13F2N5O. The van der Waals surface area contributed by atoms with Gasteiger partial charge in [0.1, 0.15) is 12.7 Å². The summed E-state index contributed by atoms with van der Waals surface area (Å²) in [6.45, 7) is 0.668. The summed E-state index contributed by atoms with van der Waals surface area (Å²) in [6, 6.07) is 5.90. The first-order chi connectivity index (χ1) is 12.2. The number of hydrogen-bond acceptors (Lipinski definition) is 4. The van der Waals surface area contributed by atoms with Crippen LogP contribution in [0.15, 0.2) is 53.8 Å². The molecule has 0 amide bonds. The lowest BCUT2D eigenvalue weighted by Crippen LogP contribution is -2.01. The molecular weight excluding hydrogens is 328 g/mol. The molecule has 1 aromatic carbocycles. The Morgan fingerprint density at radius 2 is 2.12 bits per heavy atom. The van der Waals surface area contributed by atoms with Crippen molar-refractivity contribution >= 4 is 0 Å². The molecule has 0 radical (unpaired) electrons. The van der Waals surface area contributed by atoms with Gasteiger partial charge in [-0.3, -0.25) is 4.68 Å². The molecule has 0 fully saturated rings. The number of aromatic nitrogens is 5. The summed E-state index contributed by atoms with van der Waals surface area (Å²) in [4.78, 5) is 7.04. The second kappa shape index (κ2) is 6.31. The Bertz CT molecular complexity index is 990. The van der Waals surface area contributed by atoms with Gasteiger partial charge in [-0.05, 0) is 12.1 Å². The standard InChI is InChI=1S/C17H13F2N5O/c18-15-3-1-2-13(16(15)19)14-8-23-25-17(14)11-6-12(21-7-11)4-5-24-10-20-9-22-24/h1-3,6-10,21H,4-5H2. The predicted molar refractivity (Wildman–Crippen MR) is 85.4 cm³/mol. The summed E-state index contributed by atoms with van der Waals surface area (Å²) < 4.78 is 34.6. The van der Waals surface area contributed by atoms with Gasteiger partial charge in [0.15, 0.2) is 17.4 Å². The van der Waals surface area contributed by atoms with E-state index in [1.165, 1.54) is 24.7 Å². The van der Waals surface area contributed by atoms with Gasteiger partial charge in [0.2, 0.25) is 0 Å². The van der Waals surface area contributed by atoms with Crippen LogP contribution in [0.1, 0.15) is 5.69 Å². The van der Waals surface area contributed by atoms with Crippen LogP contribution in [0.25, 0.3) is 22.5 Å². The van der Waals surface area contributed by atoms with Gasteiger partial charge in [-0.1, -0.05) is 17.3 Å². The summed E-state index contributed by atoms with van der Waals surface area (Å²) in [7, 11) is 0. The van der Waals surface area contributed by atoms with Crippen LogP contribution in [0, 0.1) is 11.6 Å². The summed E-state index contributed by atoms with van der Waals surface area (Å²) in [5.74, 6) is -1.45. The molecule has 0 saturated carbocycles. The van der Waals surface area contributed by atoms with Gasteiger partial charge < -0.3 is 9.51 Å². The molecule has 4 rings (SSSR count). The van der Waals surface area contributed by atoms with E-state index in [1.807, 2.05) is 6.07 Å². The fourth-order valence-electron chi connectivity index (χ4n) is 2.65. The highest BCUT2D eigenvalue weighted by Gasteiger charge is 2.19. The van der Waals surface area contributed by atoms with Crippen molar-refractivity contribution in [2.45, 2.75) is 13.0 Å². The number of halogens is 2. The molecule has 0 aliphatic rings. The third-order valence-electron chi connectivity index (χ3n) is 3.89. The Labute approximate surface area is 141 Å². The summed E-state index contributed by atoms with van der Waals surface area (Å²) in [5.41, 5.74) is 2.18. The number of aromatic amines is 1. The number of benzene rings is 1. The average molecular weight is 341 g/mol. The van der Waals surface area contributed by atoms with Gasteiger partial charge in [-0.15, -0.1) is 0 Å². The highest BCUT2D eigenvalue weighted by molar-refractivity contribution is 5.79. The van der Waals surface area contributed by atoms with Gasteiger partial charge >= 0.3 is 0 Å². The highest BCUT2D eigenvalue weighted by Crippen LogP contribution is 2.34. The molecule has 25 heavy (non-hydrogen) atoms. The van der Waals surface area contributed by atoms with Gasteiger partial charge in [-0.2, -0.15) is 5.10 Å². The van der Waals surface area contributed by atoms with Crippen LogP contribution in [0.3, 0.4) is 0 Å². The van der Waals surface area contributed by atoms with Crippen molar-refractivity contribution in [3.05, 3.63) is 66.6 Å². The van der Waals surface area contributed by atoms with Crippen LogP contribution in [0.5, 0.6) is 0 Å². The summed E-state index contributed by atoms with van der Waals surface area (Å²) >= 11 is 0. The zero-order valence-electron chi connectivity index (χ0n) is 13.0. The number of hydrogen-bond donors (Lipinski definition) is 1. The molecule has 0 atom stereocenters. The van der Waals surface area contributed by atoms with Crippen molar-refractivity contribution in [2.24, 2.45) is 0 Å². The first-order valence-electron chi connectivity index (χ1n) is 7.61. The maximum atomic E-state index is 14.1. The normalized spacial score (nSPS) is 11.1. The second-order valence-corrected chi connectivity index (χ2v) is 5.49. The molecule has 0 aliphatic carbocycles. The zero-order chi connectivity index (χ0) is 17.2. The van der Waals surface area contributed by atoms with E-state index in [4.69, 9.17) is 4.52 Å². The van der Waals surface area contributed by atoms with E-state index in [9.17, 15) is 8.78 Å². The predicted octanol–water partition coefficient (Wildman–Crippen LogP) is 3.45. The molecule has 0 spiro atoms. The maximum absolute atomic E-state index is 14.1. The zero-order valence-corrected chi connectivity index (χ0v) is 13.0. The van der Waals surface area contributed by atoms with Crippen LogP contribution in [-0.4, -0.2) is 24.9 Å². The Morgan fingerprint density at radius 1 is 1.20 bits per heavy atom. The molecule has 3 heterocycles. The van der Waals surface area contributed by atoms with Crippen molar-refractivity contribution in [1.29, 1.82) is 0 Å². The Morgan fingerprint density at radius 3 is 2.96 bits per heavy atom. The van der Waals surface area contributed by atoms with E-state index in [2.05, 4.69) is 20.2 Å². The Hall–Kier alpha value is -3.29. The number of rotatable bonds is 5. The lowest BCUT2D eigenvalue weighted by molar-refractivity contribution is 0.432. The first-order valence-corrected chi connectivity index (χ1v) is 7.61. The lowest BCUT2D eigenvalue weighted by Gasteiger charge is -2.02. The molecule has 0 unspecified atom stereocenters. The van der Waals surface area contributed by atoms with Gasteiger partial charge in [0, 0.05) is 36.0 Å². The second-order valence-electron chi connectivity index (χ2n) is 5.49. The Balaban J connectivity index is 1.61. The molecule has 8 heteroatoms. The van der Waals surface area contributed by atoms with Crippen LogP contribution >= 0.6 is 0 Å². The van der Waals surface area contributed by atoms with E-state index in [0.717, 1.165) is 11.8 Å². The van der Waals surface area contributed by atoms with Crippen molar-refractivity contribution in [3.63, 3.8) is 0 Å². The highest BCUT2D eigenvalue weighted by atomic mass is 19.2. The lowest BCUT2D eigenvalue weighted by atomic mass is 10.0. The fraction of sp³-hybridized carbons (Fsp3) is 0.118. The quantitative estimate of drug-likeness (QED) is 0.603. The SMILES string of the molecule is Fc1cccc(-c2cnoc2-c2c[nH]c(CCn3cncn3)c2)c1F. The third kappa shape index (κ3) is 2.93.